The first-order chi connectivity index (χ1) is 7.07. The average molecular weight is 444 g/mol. The first-order valence-electron chi connectivity index (χ1n) is 2.14. The zero-order chi connectivity index (χ0) is 13.5. The molecule has 0 saturated carbocycles. The third-order valence-electron chi connectivity index (χ3n) is 0. The second kappa shape index (κ2) is 373. The minimum Gasteiger partial charge on any atom is -0.870 e. The largest absolute Gasteiger partial charge is 3.00 e. The maximum atomic E-state index is 8.24. The molecular formula is C5H10Al2Ca2O15. The molecule has 15 nitrogen and oxygen atoms in total. The van der Waals surface area contributed by atoms with Gasteiger partial charge in [0.15, 0.2) is 0 Å². The molecule has 0 rings (SSSR count). The smallest absolute Gasteiger partial charge is 0.870 e. The molecule has 0 aromatic rings. The monoisotopic (exact) mass is 444 g/mol. The van der Waals surface area contributed by atoms with Gasteiger partial charge in [-0.2, -0.15) is 0 Å². The molecule has 19 heteroatoms. The summed E-state index contributed by atoms with van der Waals surface area (Å²) < 4.78 is 0. The van der Waals surface area contributed by atoms with Gasteiger partial charge in [0, 0.05) is 0 Å². The van der Waals surface area contributed by atoms with Crippen LogP contribution in [0.15, 0.2) is 0 Å². The van der Waals surface area contributed by atoms with E-state index in [2.05, 4.69) is 0 Å². The Kier molecular flexibility index (Phi) is 1880. The van der Waals surface area contributed by atoms with Gasteiger partial charge in [0.2, 0.25) is 0 Å². The van der Waals surface area contributed by atoms with Gasteiger partial charge in [-0.25, -0.2) is 0 Å². The third-order valence-corrected chi connectivity index (χ3v) is 0. The van der Waals surface area contributed by atoms with Crippen LogP contribution in [0.1, 0.15) is 0 Å². The van der Waals surface area contributed by atoms with Crippen LogP contribution < -0.4 is 0 Å². The van der Waals surface area contributed by atoms with Crippen LogP contribution in [0.25, 0.3) is 0 Å². The molecular weight excluding hydrogens is 434 g/mol. The van der Waals surface area contributed by atoms with E-state index < -0.39 is 0 Å². The zero-order valence-corrected chi connectivity index (χ0v) is 18.3. The summed E-state index contributed by atoms with van der Waals surface area (Å²) >= 11 is 0. The topological polar surface area (TPSA) is 336 Å². The molecule has 0 unspecified atom stereocenters. The second-order valence-corrected chi connectivity index (χ2v) is 0.456. The van der Waals surface area contributed by atoms with Crippen LogP contribution in [0.2, 0.25) is 0 Å². The normalized spacial score (nSPS) is 2.50. The molecule has 24 heavy (non-hydrogen) atoms. The fraction of sp³-hybridized carbons (Fsp3) is 0. The SMILES string of the molecule is O=[C-]O.O=[C-]O.O=[C-]O.O=[C-]O.O=[C-]O.[Al+3].[Al+3].[Ca+2].[Ca+2].[OH-].[OH-].[OH-].[OH-].[OH-]. The van der Waals surface area contributed by atoms with E-state index in [4.69, 9.17) is 49.5 Å². The van der Waals surface area contributed by atoms with Gasteiger partial charge in [0.05, 0.1) is 0 Å². The van der Waals surface area contributed by atoms with Crippen molar-refractivity contribution in [3.05, 3.63) is 0 Å². The van der Waals surface area contributed by atoms with Crippen LogP contribution in [0.4, 0.5) is 0 Å². The van der Waals surface area contributed by atoms with Crippen molar-refractivity contribution in [2.75, 3.05) is 0 Å². The van der Waals surface area contributed by atoms with Crippen molar-refractivity contribution in [3.8, 4) is 0 Å². The van der Waals surface area contributed by atoms with E-state index in [9.17, 15) is 0 Å². The van der Waals surface area contributed by atoms with Crippen LogP contribution in [0.5, 0.6) is 0 Å². The average Bonchev–Trinajstić information content (AvgIpc) is 2.09. The van der Waals surface area contributed by atoms with E-state index in [-0.39, 0.29) is 138 Å². The first-order valence-corrected chi connectivity index (χ1v) is 2.14. The Bertz CT molecular complexity index is 108. The van der Waals surface area contributed by atoms with Crippen molar-refractivity contribution in [3.63, 3.8) is 0 Å². The molecule has 0 spiro atoms. The van der Waals surface area contributed by atoms with E-state index in [1.54, 1.807) is 0 Å². The van der Waals surface area contributed by atoms with Crippen molar-refractivity contribution in [2.24, 2.45) is 0 Å². The Morgan fingerprint density at radius 1 is 0.375 bits per heavy atom. The number of hydrogen-bond acceptors (Lipinski definition) is 10. The van der Waals surface area contributed by atoms with Gasteiger partial charge in [-0.1, -0.05) is 32.4 Å². The number of hydrogen-bond donors (Lipinski definition) is 5. The molecule has 0 heterocycles. The maximum absolute atomic E-state index is 8.24. The Labute approximate surface area is 216 Å². The minimum absolute atomic E-state index is 0. The molecule has 130 valence electrons. The summed E-state index contributed by atoms with van der Waals surface area (Å²) in [5, 5.41) is 33.8. The summed E-state index contributed by atoms with van der Waals surface area (Å²) in [5.41, 5.74) is 0. The molecule has 0 amide bonds. The summed E-state index contributed by atoms with van der Waals surface area (Å²) in [7, 11) is 0. The molecule has 0 aromatic heterocycles. The quantitative estimate of drug-likeness (QED) is 0.174. The first kappa shape index (κ1) is 121. The van der Waals surface area contributed by atoms with Gasteiger partial charge in [-0.3, -0.25) is 0 Å². The Morgan fingerprint density at radius 2 is 0.375 bits per heavy atom. The molecule has 0 atom stereocenters. The maximum Gasteiger partial charge on any atom is 3.00 e. The van der Waals surface area contributed by atoms with Gasteiger partial charge in [-0.05, 0) is 0 Å². The van der Waals surface area contributed by atoms with Gasteiger partial charge in [0.25, 0.3) is 0 Å². The van der Waals surface area contributed by atoms with Crippen molar-refractivity contribution < 1.29 is 76.9 Å². The molecule has 0 saturated heterocycles. The summed E-state index contributed by atoms with van der Waals surface area (Å²) in [5.74, 6) is 0. The second-order valence-electron chi connectivity index (χ2n) is 0.456. The standard InChI is InChI=1S/5CHO2.2Al.2Ca.5H2O/c5*2-1-3;;;;;;;;;/h5*(H,2,3);;;;;5*1H2/q5*-1;2*+3;2*+2;;;;;/p-5. The summed E-state index contributed by atoms with van der Waals surface area (Å²) in [6.45, 7) is 2.50. The Morgan fingerprint density at radius 3 is 0.375 bits per heavy atom. The van der Waals surface area contributed by atoms with Gasteiger partial charge in [0.1, 0.15) is 0 Å². The van der Waals surface area contributed by atoms with Crippen LogP contribution in [-0.2, 0) is 24.0 Å². The van der Waals surface area contributed by atoms with Crippen LogP contribution in [0, 0.1) is 0 Å². The molecule has 0 aliphatic rings. The fourth-order valence-electron chi connectivity index (χ4n) is 0. The van der Waals surface area contributed by atoms with E-state index in [1.807, 2.05) is 0 Å². The molecule has 0 fully saturated rings. The summed E-state index contributed by atoms with van der Waals surface area (Å²) in [4.78, 5) is 41.2. The van der Waals surface area contributed by atoms with E-state index in [0.717, 1.165) is 0 Å². The molecule has 0 aromatic carbocycles. The van der Waals surface area contributed by atoms with Crippen molar-refractivity contribution in [2.45, 2.75) is 0 Å². The number of rotatable bonds is 0. The van der Waals surface area contributed by atoms with Gasteiger partial charge >= 0.3 is 110 Å². The van der Waals surface area contributed by atoms with Crippen molar-refractivity contribution >= 4 is 143 Å². The third kappa shape index (κ3) is 19900. The van der Waals surface area contributed by atoms with Crippen LogP contribution in [-0.4, -0.2) is 195 Å². The van der Waals surface area contributed by atoms with Crippen molar-refractivity contribution in [1.82, 2.24) is 0 Å². The predicted molar refractivity (Wildman–Crippen MR) is 74.3 cm³/mol. The molecule has 0 bridgehead atoms. The molecule has 0 aliphatic carbocycles. The fourth-order valence-corrected chi connectivity index (χ4v) is 0. The molecule has 0 aliphatic heterocycles. The van der Waals surface area contributed by atoms with Gasteiger partial charge < -0.3 is 76.9 Å². The Balaban J connectivity index is -0.00000000397. The zero-order valence-electron chi connectivity index (χ0n) is 11.6. The van der Waals surface area contributed by atoms with Gasteiger partial charge in [-0.15, -0.1) is 0 Å². The molecule has 10 N–H and O–H groups in total. The minimum atomic E-state index is 0. The van der Waals surface area contributed by atoms with E-state index in [0.29, 0.717) is 32.4 Å². The molecule has 0 radical (unpaired) electrons. The van der Waals surface area contributed by atoms with E-state index >= 15 is 0 Å². The summed E-state index contributed by atoms with van der Waals surface area (Å²) in [6.07, 6.45) is 0. The van der Waals surface area contributed by atoms with Crippen LogP contribution in [0.3, 0.4) is 0 Å². The van der Waals surface area contributed by atoms with Crippen LogP contribution >= 0.6 is 0 Å². The summed E-state index contributed by atoms with van der Waals surface area (Å²) in [6, 6.07) is 0. The van der Waals surface area contributed by atoms with Crippen molar-refractivity contribution in [1.29, 1.82) is 0 Å². The Hall–Kier alpha value is 0.734. The van der Waals surface area contributed by atoms with E-state index in [1.165, 1.54) is 0 Å². The predicted octanol–water partition coefficient (Wildman–Crippen LogP) is -4.35. The number of aliphatic hydroxyl groups excluding tert-OH is 5.